The number of benzene rings is 1. The largest absolute Gasteiger partial charge is 0.336 e. The Morgan fingerprint density at radius 1 is 1.40 bits per heavy atom. The van der Waals surface area contributed by atoms with E-state index >= 15 is 0 Å². The van der Waals surface area contributed by atoms with Gasteiger partial charge in [0.15, 0.2) is 0 Å². The van der Waals surface area contributed by atoms with Crippen molar-refractivity contribution >= 4 is 15.9 Å². The lowest BCUT2D eigenvalue weighted by Crippen LogP contribution is -2.34. The van der Waals surface area contributed by atoms with Crippen molar-refractivity contribution in [1.82, 2.24) is 4.90 Å². The fraction of sp³-hybridized carbons (Fsp3) is 0.462. The summed E-state index contributed by atoms with van der Waals surface area (Å²) in [6, 6.07) is 3.32. The highest BCUT2D eigenvalue weighted by molar-refractivity contribution is 7.89. The predicted octanol–water partition coefficient (Wildman–Crippen LogP) is 1.34. The lowest BCUT2D eigenvalue weighted by Gasteiger charge is -2.21. The summed E-state index contributed by atoms with van der Waals surface area (Å²) in [4.78, 5) is 13.4. The third-order valence-electron chi connectivity index (χ3n) is 3.53. The van der Waals surface area contributed by atoms with E-state index < -0.39 is 20.7 Å². The maximum atomic E-state index is 13.5. The van der Waals surface area contributed by atoms with Crippen LogP contribution in [0.2, 0.25) is 0 Å². The van der Waals surface area contributed by atoms with Crippen LogP contribution in [-0.4, -0.2) is 31.8 Å². The molecule has 2 rings (SSSR count). The smallest absolute Gasteiger partial charge is 0.254 e. The number of hydrogen-bond donors (Lipinski definition) is 1. The Morgan fingerprint density at radius 2 is 2.05 bits per heavy atom. The van der Waals surface area contributed by atoms with Crippen molar-refractivity contribution in [3.05, 3.63) is 29.6 Å². The summed E-state index contributed by atoms with van der Waals surface area (Å²) in [6.07, 6.45) is 0.898. The summed E-state index contributed by atoms with van der Waals surface area (Å²) in [5.41, 5.74) is 0.136. The molecule has 1 heterocycles. The third-order valence-corrected chi connectivity index (χ3v) is 4.46. The molecule has 1 saturated heterocycles. The van der Waals surface area contributed by atoms with Gasteiger partial charge in [-0.25, -0.2) is 17.9 Å². The van der Waals surface area contributed by atoms with Gasteiger partial charge in [0.1, 0.15) is 10.7 Å². The topological polar surface area (TPSA) is 80.5 Å². The summed E-state index contributed by atoms with van der Waals surface area (Å²) in [6.45, 7) is 4.60. The Hall–Kier alpha value is -1.47. The molecular formula is C13H17FN2O3S. The van der Waals surface area contributed by atoms with E-state index in [4.69, 9.17) is 5.14 Å². The van der Waals surface area contributed by atoms with Crippen molar-refractivity contribution in [2.24, 2.45) is 11.1 Å². The monoisotopic (exact) mass is 300 g/mol. The third kappa shape index (κ3) is 2.83. The lowest BCUT2D eigenvalue weighted by atomic mass is 10.1. The number of halogens is 1. The van der Waals surface area contributed by atoms with Crippen LogP contribution in [0.25, 0.3) is 0 Å². The average Bonchev–Trinajstić information content (AvgIpc) is 2.66. The predicted molar refractivity (Wildman–Crippen MR) is 72.1 cm³/mol. The highest BCUT2D eigenvalue weighted by atomic mass is 32.2. The van der Waals surface area contributed by atoms with Gasteiger partial charge >= 0.3 is 0 Å². The Kier molecular flexibility index (Phi) is 3.84. The zero-order chi connectivity index (χ0) is 15.1. The fourth-order valence-electron chi connectivity index (χ4n) is 2.60. The number of nitrogens with two attached hydrogens (primary N) is 1. The van der Waals surface area contributed by atoms with Crippen molar-refractivity contribution in [3.63, 3.8) is 0 Å². The zero-order valence-corrected chi connectivity index (χ0v) is 12.2. The maximum absolute atomic E-state index is 13.5. The van der Waals surface area contributed by atoms with E-state index in [9.17, 15) is 17.6 Å². The molecular weight excluding hydrogens is 283 g/mol. The fourth-order valence-corrected chi connectivity index (χ4v) is 3.23. The minimum absolute atomic E-state index is 0.0838. The van der Waals surface area contributed by atoms with Gasteiger partial charge < -0.3 is 4.90 Å². The molecule has 2 N–H and O–H groups in total. The van der Waals surface area contributed by atoms with Gasteiger partial charge in [-0.05, 0) is 37.5 Å². The van der Waals surface area contributed by atoms with E-state index in [0.29, 0.717) is 12.5 Å². The molecule has 7 heteroatoms. The number of likely N-dealkylation sites (tertiary alicyclic amines) is 1. The number of primary sulfonamides is 1. The molecule has 2 unspecified atom stereocenters. The maximum Gasteiger partial charge on any atom is 0.254 e. The molecule has 5 nitrogen and oxygen atoms in total. The van der Waals surface area contributed by atoms with Crippen molar-refractivity contribution < 1.29 is 17.6 Å². The standard InChI is InChI=1S/C13H17FN2O3S/c1-8-5-9(2)16(7-8)13(17)10-3-4-11(14)12(6-10)20(15,18)19/h3-4,6,8-9H,5,7H2,1-2H3,(H2,15,18,19). The Morgan fingerprint density at radius 3 is 2.55 bits per heavy atom. The number of nitrogens with zero attached hydrogens (tertiary/aromatic N) is 1. The second kappa shape index (κ2) is 5.14. The normalized spacial score (nSPS) is 23.1. The zero-order valence-electron chi connectivity index (χ0n) is 11.3. The van der Waals surface area contributed by atoms with Crippen LogP contribution in [0.15, 0.2) is 23.1 Å². The van der Waals surface area contributed by atoms with Crippen LogP contribution in [0.4, 0.5) is 4.39 Å². The summed E-state index contributed by atoms with van der Waals surface area (Å²) < 4.78 is 36.0. The molecule has 1 aliphatic rings. The quantitative estimate of drug-likeness (QED) is 0.895. The minimum atomic E-state index is -4.18. The van der Waals surface area contributed by atoms with E-state index in [2.05, 4.69) is 0 Å². The van der Waals surface area contributed by atoms with Crippen LogP contribution in [0.1, 0.15) is 30.6 Å². The molecule has 1 fully saturated rings. The second-order valence-electron chi connectivity index (χ2n) is 5.34. The molecule has 1 aliphatic heterocycles. The molecule has 2 atom stereocenters. The minimum Gasteiger partial charge on any atom is -0.336 e. The molecule has 0 aliphatic carbocycles. The molecule has 0 aromatic heterocycles. The van der Waals surface area contributed by atoms with Crippen LogP contribution in [-0.2, 0) is 10.0 Å². The summed E-state index contributed by atoms with van der Waals surface area (Å²) in [5.74, 6) is -0.856. The average molecular weight is 300 g/mol. The van der Waals surface area contributed by atoms with E-state index in [1.54, 1.807) is 4.90 Å². The molecule has 0 bridgehead atoms. The van der Waals surface area contributed by atoms with E-state index in [1.165, 1.54) is 6.07 Å². The van der Waals surface area contributed by atoms with Crippen molar-refractivity contribution in [3.8, 4) is 0 Å². The molecule has 1 amide bonds. The second-order valence-corrected chi connectivity index (χ2v) is 6.87. The molecule has 0 radical (unpaired) electrons. The molecule has 0 saturated carbocycles. The highest BCUT2D eigenvalue weighted by Gasteiger charge is 2.31. The summed E-state index contributed by atoms with van der Waals surface area (Å²) in [5, 5.41) is 4.94. The number of hydrogen-bond acceptors (Lipinski definition) is 3. The molecule has 20 heavy (non-hydrogen) atoms. The molecule has 1 aromatic rings. The molecule has 1 aromatic carbocycles. The molecule has 0 spiro atoms. The van der Waals surface area contributed by atoms with E-state index in [-0.39, 0.29) is 17.5 Å². The van der Waals surface area contributed by atoms with Crippen LogP contribution in [0, 0.1) is 11.7 Å². The number of sulfonamides is 1. The van der Waals surface area contributed by atoms with Gasteiger partial charge in [-0.15, -0.1) is 0 Å². The van der Waals surface area contributed by atoms with Crippen LogP contribution in [0.3, 0.4) is 0 Å². The Balaban J connectivity index is 2.37. The van der Waals surface area contributed by atoms with Crippen LogP contribution < -0.4 is 5.14 Å². The number of rotatable bonds is 2. The van der Waals surface area contributed by atoms with Crippen LogP contribution in [0.5, 0.6) is 0 Å². The van der Waals surface area contributed by atoms with Crippen molar-refractivity contribution in [1.29, 1.82) is 0 Å². The lowest BCUT2D eigenvalue weighted by molar-refractivity contribution is 0.0743. The van der Waals surface area contributed by atoms with E-state index in [1.807, 2.05) is 13.8 Å². The first-order valence-corrected chi connectivity index (χ1v) is 7.88. The van der Waals surface area contributed by atoms with Gasteiger partial charge in [0, 0.05) is 18.2 Å². The first-order chi connectivity index (χ1) is 9.20. The van der Waals surface area contributed by atoms with E-state index in [0.717, 1.165) is 18.6 Å². The summed E-state index contributed by atoms with van der Waals surface area (Å²) >= 11 is 0. The van der Waals surface area contributed by atoms with Crippen molar-refractivity contribution in [2.75, 3.05) is 6.54 Å². The number of carbonyl (C=O) groups excluding carboxylic acids is 1. The Bertz CT molecular complexity index is 645. The van der Waals surface area contributed by atoms with Crippen molar-refractivity contribution in [2.45, 2.75) is 31.2 Å². The SMILES string of the molecule is CC1CC(C)N(C(=O)c2ccc(F)c(S(N)(=O)=O)c2)C1. The Labute approximate surface area is 117 Å². The number of amides is 1. The first-order valence-electron chi connectivity index (χ1n) is 6.33. The summed E-state index contributed by atoms with van der Waals surface area (Å²) in [7, 11) is -4.18. The number of carbonyl (C=O) groups is 1. The van der Waals surface area contributed by atoms with Gasteiger partial charge in [-0.2, -0.15) is 0 Å². The highest BCUT2D eigenvalue weighted by Crippen LogP contribution is 2.25. The van der Waals surface area contributed by atoms with Gasteiger partial charge in [0.25, 0.3) is 5.91 Å². The first kappa shape index (κ1) is 14.9. The van der Waals surface area contributed by atoms with Gasteiger partial charge in [-0.3, -0.25) is 4.79 Å². The van der Waals surface area contributed by atoms with Gasteiger partial charge in [-0.1, -0.05) is 6.92 Å². The van der Waals surface area contributed by atoms with Gasteiger partial charge in [0.05, 0.1) is 0 Å². The van der Waals surface area contributed by atoms with Gasteiger partial charge in [0.2, 0.25) is 10.0 Å². The van der Waals surface area contributed by atoms with Crippen LogP contribution >= 0.6 is 0 Å². The molecule has 110 valence electrons.